The maximum absolute atomic E-state index is 13.9. The summed E-state index contributed by atoms with van der Waals surface area (Å²) in [7, 11) is 5.12. The molecule has 0 amide bonds. The number of nitrogens with zero attached hydrogens (tertiary/aromatic N) is 1. The Morgan fingerprint density at radius 1 is 1.14 bits per heavy atom. The van der Waals surface area contributed by atoms with Gasteiger partial charge in [-0.15, -0.1) is 0 Å². The topological polar surface area (TPSA) is 158 Å². The molecule has 0 saturated carbocycles. The molecule has 2 aliphatic rings. The van der Waals surface area contributed by atoms with Crippen LogP contribution in [-0.2, 0) is 42.9 Å². The number of ketones is 2. The van der Waals surface area contributed by atoms with E-state index in [2.05, 4.69) is 0 Å². The fraction of sp³-hybridized carbons (Fsp3) is 0.812. The predicted octanol–water partition coefficient (Wildman–Crippen LogP) is 2.22. The highest BCUT2D eigenvalue weighted by Gasteiger charge is 2.50. The fourth-order valence-corrected chi connectivity index (χ4v) is 6.25. The molecule has 12 nitrogen and oxygen atoms in total. The normalized spacial score (nSPS) is 41.0. The van der Waals surface area contributed by atoms with Gasteiger partial charge >= 0.3 is 11.9 Å². The molecule has 0 bridgehead atoms. The van der Waals surface area contributed by atoms with E-state index in [9.17, 15) is 29.4 Å². The summed E-state index contributed by atoms with van der Waals surface area (Å²) in [6.45, 7) is 12.2. The van der Waals surface area contributed by atoms with Crippen molar-refractivity contribution in [3.05, 3.63) is 11.6 Å². The van der Waals surface area contributed by atoms with Crippen LogP contribution < -0.4 is 0 Å². The number of aliphatic hydroxyl groups is 2. The highest BCUT2D eigenvalue weighted by molar-refractivity contribution is 6.00. The van der Waals surface area contributed by atoms with Crippen molar-refractivity contribution in [3.63, 3.8) is 0 Å². The van der Waals surface area contributed by atoms with E-state index < -0.39 is 83.7 Å². The zero-order valence-electron chi connectivity index (χ0n) is 28.1. The minimum Gasteiger partial charge on any atom is -0.461 e. The lowest BCUT2D eigenvalue weighted by Gasteiger charge is -2.46. The Bertz CT molecular complexity index is 1070. The van der Waals surface area contributed by atoms with E-state index in [4.69, 9.17) is 23.7 Å². The zero-order valence-corrected chi connectivity index (χ0v) is 28.1. The first-order valence-electron chi connectivity index (χ1n) is 15.4. The molecule has 12 heteroatoms. The van der Waals surface area contributed by atoms with Crippen LogP contribution >= 0.6 is 0 Å². The van der Waals surface area contributed by atoms with Gasteiger partial charge in [0, 0.05) is 37.5 Å². The van der Waals surface area contributed by atoms with Crippen molar-refractivity contribution in [3.8, 4) is 0 Å². The van der Waals surface area contributed by atoms with Crippen molar-refractivity contribution in [2.45, 2.75) is 123 Å². The number of rotatable bonds is 7. The number of ether oxygens (including phenoxy) is 5. The van der Waals surface area contributed by atoms with E-state index in [-0.39, 0.29) is 30.6 Å². The van der Waals surface area contributed by atoms with Crippen molar-refractivity contribution < 1.29 is 53.1 Å². The summed E-state index contributed by atoms with van der Waals surface area (Å²) in [4.78, 5) is 54.6. The standard InChI is InChI=1S/C32H53NO11/c1-12-24-31(7,39)15-22(16-41-21(6)34)25(35)17(2)14-32(8,40-11)28(19(4)26(36)20(5)29(38)43-24)44-30-27(37)23(33(9)10)13-18(3)42-30/h15,17-20,23-24,27-28,30,37,39H,12-14,16H2,1-11H3/b22-15+/t17-,18-,19+,20-,23+,24-,27-,28-,30?,31+,32+/m1/s1. The van der Waals surface area contributed by atoms with E-state index in [1.807, 2.05) is 25.9 Å². The van der Waals surface area contributed by atoms with Gasteiger partial charge in [0.15, 0.2) is 17.9 Å². The van der Waals surface area contributed by atoms with Crippen molar-refractivity contribution in [1.82, 2.24) is 4.90 Å². The van der Waals surface area contributed by atoms with E-state index in [0.717, 1.165) is 0 Å². The number of hydrogen-bond donors (Lipinski definition) is 2. The molecule has 44 heavy (non-hydrogen) atoms. The third-order valence-corrected chi connectivity index (χ3v) is 8.96. The third kappa shape index (κ3) is 8.95. The van der Waals surface area contributed by atoms with Gasteiger partial charge in [-0.3, -0.25) is 19.2 Å². The number of hydrogen-bond acceptors (Lipinski definition) is 12. The number of esters is 2. The summed E-state index contributed by atoms with van der Waals surface area (Å²) < 4.78 is 29.3. The fourth-order valence-electron chi connectivity index (χ4n) is 6.25. The number of likely N-dealkylation sites (N-methyl/N-ethyl adjacent to an activating group) is 1. The molecule has 0 radical (unpaired) electrons. The van der Waals surface area contributed by atoms with Gasteiger partial charge in [-0.05, 0) is 67.1 Å². The zero-order chi connectivity index (χ0) is 33.7. The molecule has 0 aromatic carbocycles. The van der Waals surface area contributed by atoms with Crippen molar-refractivity contribution >= 4 is 23.5 Å². The van der Waals surface area contributed by atoms with Crippen molar-refractivity contribution in [2.75, 3.05) is 27.8 Å². The molecule has 2 rings (SSSR count). The highest BCUT2D eigenvalue weighted by atomic mass is 16.7. The van der Waals surface area contributed by atoms with E-state index in [0.29, 0.717) is 6.42 Å². The van der Waals surface area contributed by atoms with Crippen LogP contribution in [0.2, 0.25) is 0 Å². The Hall–Kier alpha value is -2.22. The van der Waals surface area contributed by atoms with Gasteiger partial charge in [-0.2, -0.15) is 0 Å². The Labute approximate surface area is 261 Å². The number of methoxy groups -OCH3 is 1. The van der Waals surface area contributed by atoms with Gasteiger partial charge in [0.25, 0.3) is 0 Å². The van der Waals surface area contributed by atoms with Gasteiger partial charge in [0.1, 0.15) is 30.3 Å². The molecule has 0 aromatic heterocycles. The van der Waals surface area contributed by atoms with Crippen LogP contribution in [-0.4, -0.2) is 114 Å². The lowest BCUT2D eigenvalue weighted by molar-refractivity contribution is -0.295. The van der Waals surface area contributed by atoms with Crippen LogP contribution in [0.25, 0.3) is 0 Å². The number of carbonyl (C=O) groups is 4. The average molecular weight is 628 g/mol. The first-order chi connectivity index (χ1) is 20.3. The minimum atomic E-state index is -1.82. The van der Waals surface area contributed by atoms with E-state index >= 15 is 0 Å². The molecule has 1 unspecified atom stereocenters. The maximum Gasteiger partial charge on any atom is 0.316 e. The van der Waals surface area contributed by atoms with Gasteiger partial charge in [0.2, 0.25) is 0 Å². The van der Waals surface area contributed by atoms with Crippen LogP contribution in [0.3, 0.4) is 0 Å². The molecule has 252 valence electrons. The second-order valence-electron chi connectivity index (χ2n) is 13.0. The van der Waals surface area contributed by atoms with E-state index in [1.165, 1.54) is 34.0 Å². The van der Waals surface area contributed by atoms with Gasteiger partial charge in [-0.1, -0.05) is 20.8 Å². The summed E-state index contributed by atoms with van der Waals surface area (Å²) in [5, 5.41) is 22.6. The van der Waals surface area contributed by atoms with Gasteiger partial charge < -0.3 is 38.8 Å². The third-order valence-electron chi connectivity index (χ3n) is 8.96. The van der Waals surface area contributed by atoms with Crippen molar-refractivity contribution in [2.24, 2.45) is 17.8 Å². The number of cyclic esters (lactones) is 1. The predicted molar refractivity (Wildman–Crippen MR) is 160 cm³/mol. The summed E-state index contributed by atoms with van der Waals surface area (Å²) in [6, 6.07) is -0.288. The summed E-state index contributed by atoms with van der Waals surface area (Å²) in [5.74, 6) is -5.38. The quantitative estimate of drug-likeness (QED) is 0.314. The molecule has 11 atom stereocenters. The number of aliphatic hydroxyl groups excluding tert-OH is 1. The molecule has 0 aliphatic carbocycles. The number of Topliss-reactive ketones (excluding diaryl/α,β-unsaturated/α-hetero) is 2. The monoisotopic (exact) mass is 627 g/mol. The van der Waals surface area contributed by atoms with Crippen molar-refractivity contribution in [1.29, 1.82) is 0 Å². The Morgan fingerprint density at radius 2 is 1.75 bits per heavy atom. The second kappa shape index (κ2) is 15.4. The highest BCUT2D eigenvalue weighted by Crippen LogP contribution is 2.37. The molecular formula is C32H53NO11. The summed E-state index contributed by atoms with van der Waals surface area (Å²) in [6.07, 6.45) is -2.62. The van der Waals surface area contributed by atoms with Crippen LogP contribution in [0.4, 0.5) is 0 Å². The van der Waals surface area contributed by atoms with Crippen LogP contribution in [0.1, 0.15) is 74.7 Å². The lowest BCUT2D eigenvalue weighted by atomic mass is 9.76. The summed E-state index contributed by atoms with van der Waals surface area (Å²) >= 11 is 0. The first kappa shape index (κ1) is 38.0. The summed E-state index contributed by atoms with van der Waals surface area (Å²) in [5.41, 5.74) is -3.11. The smallest absolute Gasteiger partial charge is 0.316 e. The van der Waals surface area contributed by atoms with Crippen LogP contribution in [0.5, 0.6) is 0 Å². The van der Waals surface area contributed by atoms with Crippen LogP contribution in [0, 0.1) is 17.8 Å². The Morgan fingerprint density at radius 3 is 2.27 bits per heavy atom. The van der Waals surface area contributed by atoms with Gasteiger partial charge in [-0.25, -0.2) is 0 Å². The Balaban J connectivity index is 2.68. The lowest BCUT2D eigenvalue weighted by Crippen LogP contribution is -2.59. The average Bonchev–Trinajstić information content (AvgIpc) is 2.95. The molecule has 1 fully saturated rings. The molecule has 2 heterocycles. The first-order valence-corrected chi connectivity index (χ1v) is 15.4. The second-order valence-corrected chi connectivity index (χ2v) is 13.0. The minimum absolute atomic E-state index is 0.0195. The Kier molecular flexibility index (Phi) is 13.3. The SMILES string of the molecule is CC[C@H]1OC(=O)[C@H](C)C(=O)[C@H](C)[C@@H](OC2O[C@H](C)C[C@H](N(C)C)[C@H]2O)[C@@](C)(OC)C[C@@H](C)C(=O)/C(COC(C)=O)=C/[C@]1(C)O. The molecule has 2 N–H and O–H groups in total. The maximum atomic E-state index is 13.9. The van der Waals surface area contributed by atoms with Crippen LogP contribution in [0.15, 0.2) is 11.6 Å². The molecular weight excluding hydrogens is 574 g/mol. The largest absolute Gasteiger partial charge is 0.461 e. The molecule has 0 aromatic rings. The van der Waals surface area contributed by atoms with Gasteiger partial charge in [0.05, 0.1) is 17.8 Å². The molecule has 0 spiro atoms. The number of carbonyl (C=O) groups excluding carboxylic acids is 4. The van der Waals surface area contributed by atoms with E-state index in [1.54, 1.807) is 27.7 Å². The molecule has 2 aliphatic heterocycles. The molecule has 1 saturated heterocycles.